The van der Waals surface area contributed by atoms with Crippen LogP contribution in [0.4, 0.5) is 11.6 Å². The van der Waals surface area contributed by atoms with Crippen molar-refractivity contribution in [2.75, 3.05) is 5.32 Å². The van der Waals surface area contributed by atoms with Gasteiger partial charge < -0.3 is 10.4 Å². The highest BCUT2D eigenvalue weighted by Gasteiger charge is 2.28. The van der Waals surface area contributed by atoms with Crippen LogP contribution in [0.25, 0.3) is 21.3 Å². The zero-order chi connectivity index (χ0) is 21.2. The Morgan fingerprint density at radius 1 is 0.935 bits per heavy atom. The summed E-state index contributed by atoms with van der Waals surface area (Å²) in [5.74, 6) is 0.953. The van der Waals surface area contributed by atoms with Gasteiger partial charge in [-0.3, -0.25) is 4.79 Å². The van der Waals surface area contributed by atoms with Gasteiger partial charge >= 0.3 is 5.97 Å². The fraction of sp³-hybridized carbons (Fsp3) is 0.250. The second-order valence-corrected chi connectivity index (χ2v) is 8.96. The van der Waals surface area contributed by atoms with Gasteiger partial charge in [-0.05, 0) is 49.3 Å². The summed E-state index contributed by atoms with van der Waals surface area (Å²) in [4.78, 5) is 26.1. The number of carboxylic acid groups (broad SMARTS) is 1. The predicted molar refractivity (Wildman–Crippen MR) is 123 cm³/mol. The summed E-state index contributed by atoms with van der Waals surface area (Å²) in [6.45, 7) is 0. The van der Waals surface area contributed by atoms with E-state index in [1.54, 1.807) is 11.3 Å². The first kappa shape index (κ1) is 19.6. The summed E-state index contributed by atoms with van der Waals surface area (Å²) >= 11 is 1.65. The Morgan fingerprint density at radius 2 is 1.74 bits per heavy atom. The van der Waals surface area contributed by atoms with E-state index in [1.807, 2.05) is 54.9 Å². The van der Waals surface area contributed by atoms with Crippen molar-refractivity contribution in [1.82, 2.24) is 15.0 Å². The van der Waals surface area contributed by atoms with Crippen LogP contribution in [-0.4, -0.2) is 26.0 Å². The Bertz CT molecular complexity index is 1230. The first-order valence-corrected chi connectivity index (χ1v) is 11.2. The molecule has 7 heteroatoms. The van der Waals surface area contributed by atoms with Crippen molar-refractivity contribution in [3.63, 3.8) is 0 Å². The molecule has 156 valence electrons. The van der Waals surface area contributed by atoms with Gasteiger partial charge in [-0.25, -0.2) is 15.0 Å². The second-order valence-electron chi connectivity index (χ2n) is 7.90. The van der Waals surface area contributed by atoms with E-state index >= 15 is 0 Å². The molecule has 0 saturated heterocycles. The summed E-state index contributed by atoms with van der Waals surface area (Å²) < 4.78 is 0. The van der Waals surface area contributed by atoms with Gasteiger partial charge in [-0.1, -0.05) is 30.3 Å². The SMILES string of the molecule is O=C(O)[C@H]1CC[C@H](c2ncc(-c3cccc(Nc4cc5ccccc5cn4)n3)s2)CC1. The molecule has 1 saturated carbocycles. The average Bonchev–Trinajstić information content (AvgIpc) is 3.30. The molecule has 1 aliphatic rings. The number of thiazole rings is 1. The van der Waals surface area contributed by atoms with Crippen LogP contribution in [0.15, 0.2) is 60.9 Å². The lowest BCUT2D eigenvalue weighted by Crippen LogP contribution is -2.20. The summed E-state index contributed by atoms with van der Waals surface area (Å²) in [5, 5.41) is 15.8. The van der Waals surface area contributed by atoms with Gasteiger partial charge in [0.05, 0.1) is 21.5 Å². The molecule has 0 bridgehead atoms. The molecule has 0 unspecified atom stereocenters. The van der Waals surface area contributed by atoms with Crippen LogP contribution >= 0.6 is 11.3 Å². The van der Waals surface area contributed by atoms with Gasteiger partial charge in [0, 0.05) is 23.7 Å². The van der Waals surface area contributed by atoms with E-state index in [9.17, 15) is 9.90 Å². The van der Waals surface area contributed by atoms with E-state index in [0.717, 1.165) is 63.7 Å². The van der Waals surface area contributed by atoms with Crippen molar-refractivity contribution >= 4 is 39.7 Å². The van der Waals surface area contributed by atoms with Gasteiger partial charge in [-0.2, -0.15) is 0 Å². The van der Waals surface area contributed by atoms with E-state index in [2.05, 4.69) is 21.4 Å². The van der Waals surface area contributed by atoms with E-state index in [1.165, 1.54) is 0 Å². The number of carbonyl (C=O) groups is 1. The number of nitrogens with zero attached hydrogens (tertiary/aromatic N) is 3. The number of rotatable bonds is 5. The normalized spacial score (nSPS) is 18.7. The average molecular weight is 431 g/mol. The lowest BCUT2D eigenvalue weighted by molar-refractivity contribution is -0.142. The molecule has 0 spiro atoms. The van der Waals surface area contributed by atoms with Crippen molar-refractivity contribution in [3.05, 3.63) is 65.9 Å². The lowest BCUT2D eigenvalue weighted by atomic mass is 9.82. The van der Waals surface area contributed by atoms with Gasteiger partial charge in [0.1, 0.15) is 11.6 Å². The molecule has 6 nitrogen and oxygen atoms in total. The summed E-state index contributed by atoms with van der Waals surface area (Å²) in [5.41, 5.74) is 0.869. The molecular weight excluding hydrogens is 408 g/mol. The van der Waals surface area contributed by atoms with Crippen LogP contribution < -0.4 is 5.32 Å². The number of fused-ring (bicyclic) bond motifs is 1. The molecule has 2 N–H and O–H groups in total. The number of nitrogens with one attached hydrogen (secondary N) is 1. The molecule has 31 heavy (non-hydrogen) atoms. The van der Waals surface area contributed by atoms with Crippen LogP contribution in [0, 0.1) is 5.92 Å². The van der Waals surface area contributed by atoms with Gasteiger partial charge in [0.25, 0.3) is 0 Å². The predicted octanol–water partition coefficient (Wildman–Crippen LogP) is 5.86. The minimum Gasteiger partial charge on any atom is -0.481 e. The fourth-order valence-corrected chi connectivity index (χ4v) is 5.16. The molecule has 1 aliphatic carbocycles. The van der Waals surface area contributed by atoms with Crippen LogP contribution in [0.3, 0.4) is 0 Å². The quantitative estimate of drug-likeness (QED) is 0.413. The Morgan fingerprint density at radius 3 is 2.55 bits per heavy atom. The van der Waals surface area contributed by atoms with Gasteiger partial charge in [0.2, 0.25) is 0 Å². The third kappa shape index (κ3) is 4.27. The minimum atomic E-state index is -0.673. The number of aromatic nitrogens is 3. The van der Waals surface area contributed by atoms with Crippen molar-refractivity contribution in [3.8, 4) is 10.6 Å². The highest BCUT2D eigenvalue weighted by molar-refractivity contribution is 7.15. The Balaban J connectivity index is 1.32. The second kappa shape index (κ2) is 8.43. The maximum atomic E-state index is 11.2. The number of benzene rings is 1. The topological polar surface area (TPSA) is 88.0 Å². The fourth-order valence-electron chi connectivity index (χ4n) is 4.11. The summed E-state index contributed by atoms with van der Waals surface area (Å²) in [7, 11) is 0. The lowest BCUT2D eigenvalue weighted by Gasteiger charge is -2.24. The van der Waals surface area contributed by atoms with E-state index in [0.29, 0.717) is 5.92 Å². The highest BCUT2D eigenvalue weighted by atomic mass is 32.1. The number of aliphatic carboxylic acids is 1. The number of hydrogen-bond donors (Lipinski definition) is 2. The van der Waals surface area contributed by atoms with Crippen LogP contribution in [0.1, 0.15) is 36.6 Å². The number of hydrogen-bond acceptors (Lipinski definition) is 6. The molecule has 0 radical (unpaired) electrons. The number of anilines is 2. The Hall–Kier alpha value is -3.32. The first-order valence-electron chi connectivity index (χ1n) is 10.4. The Kier molecular flexibility index (Phi) is 5.34. The molecule has 1 fully saturated rings. The maximum Gasteiger partial charge on any atom is 0.306 e. The third-order valence-electron chi connectivity index (χ3n) is 5.84. The van der Waals surface area contributed by atoms with Gasteiger partial charge in [0.15, 0.2) is 0 Å². The summed E-state index contributed by atoms with van der Waals surface area (Å²) in [6, 6.07) is 16.0. The standard InChI is InChI=1S/C24H22N4O2S/c29-24(30)16-10-8-15(9-11-16)23-26-14-20(31-23)19-6-3-7-21(27-19)28-22-12-17-4-1-2-5-18(17)13-25-22/h1-7,12-16H,8-11H2,(H,29,30)(H,25,27,28)/t15-,16-. The van der Waals surface area contributed by atoms with E-state index in [-0.39, 0.29) is 5.92 Å². The molecule has 1 aromatic carbocycles. The minimum absolute atomic E-state index is 0.205. The van der Waals surface area contributed by atoms with E-state index < -0.39 is 5.97 Å². The molecule has 0 aliphatic heterocycles. The zero-order valence-electron chi connectivity index (χ0n) is 16.9. The first-order chi connectivity index (χ1) is 15.2. The maximum absolute atomic E-state index is 11.2. The molecule has 4 aromatic rings. The van der Waals surface area contributed by atoms with Crippen LogP contribution in [0.5, 0.6) is 0 Å². The third-order valence-corrected chi connectivity index (χ3v) is 7.02. The molecule has 0 atom stereocenters. The Labute approximate surface area is 184 Å². The number of pyridine rings is 2. The number of carboxylic acids is 1. The molecule has 5 rings (SSSR count). The van der Waals surface area contributed by atoms with E-state index in [4.69, 9.17) is 4.98 Å². The van der Waals surface area contributed by atoms with Crippen molar-refractivity contribution in [2.45, 2.75) is 31.6 Å². The largest absolute Gasteiger partial charge is 0.481 e. The smallest absolute Gasteiger partial charge is 0.306 e. The van der Waals surface area contributed by atoms with Gasteiger partial charge in [-0.15, -0.1) is 11.3 Å². The van der Waals surface area contributed by atoms with Crippen LogP contribution in [-0.2, 0) is 4.79 Å². The van der Waals surface area contributed by atoms with Crippen molar-refractivity contribution in [2.24, 2.45) is 5.92 Å². The van der Waals surface area contributed by atoms with Crippen molar-refractivity contribution < 1.29 is 9.90 Å². The monoisotopic (exact) mass is 430 g/mol. The van der Waals surface area contributed by atoms with Crippen molar-refractivity contribution in [1.29, 1.82) is 0 Å². The molecule has 0 amide bonds. The molecule has 3 aromatic heterocycles. The van der Waals surface area contributed by atoms with Crippen LogP contribution in [0.2, 0.25) is 0 Å². The molecular formula is C24H22N4O2S. The zero-order valence-corrected chi connectivity index (χ0v) is 17.7. The summed E-state index contributed by atoms with van der Waals surface area (Å²) in [6.07, 6.45) is 6.95. The highest BCUT2D eigenvalue weighted by Crippen LogP contribution is 2.39. The molecule has 3 heterocycles.